The molecule has 5 heteroatoms. The Balaban J connectivity index is 1.69. The van der Waals surface area contributed by atoms with Crippen LogP contribution in [0.4, 0.5) is 0 Å². The first-order valence-electron chi connectivity index (χ1n) is 7.35. The van der Waals surface area contributed by atoms with E-state index < -0.39 is 0 Å². The quantitative estimate of drug-likeness (QED) is 0.907. The first-order valence-corrected chi connectivity index (χ1v) is 8.51. The number of nitrogens with zero attached hydrogens (tertiary/aromatic N) is 1. The molecule has 0 saturated heterocycles. The Hall–Kier alpha value is -0.970. The van der Waals surface area contributed by atoms with Gasteiger partial charge in [-0.3, -0.25) is 4.79 Å². The van der Waals surface area contributed by atoms with Crippen LogP contribution in [0, 0.1) is 18.8 Å². The smallest absolute Gasteiger partial charge is 0.230 e. The molecule has 0 bridgehead atoms. The van der Waals surface area contributed by atoms with Crippen LogP contribution in [0.5, 0.6) is 0 Å². The summed E-state index contributed by atoms with van der Waals surface area (Å²) in [6.45, 7) is 6.43. The summed E-state index contributed by atoms with van der Waals surface area (Å²) in [7, 11) is 0. The number of rotatable bonds is 5. The van der Waals surface area contributed by atoms with Gasteiger partial charge in [0.15, 0.2) is 0 Å². The van der Waals surface area contributed by atoms with Crippen molar-refractivity contribution in [1.82, 2.24) is 10.5 Å². The largest absolute Gasteiger partial charge is 0.360 e. The maximum atomic E-state index is 12.0. The van der Waals surface area contributed by atoms with Gasteiger partial charge in [0, 0.05) is 12.1 Å². The number of carbonyl (C=O) groups excluding carboxylic acids is 1. The van der Waals surface area contributed by atoms with Gasteiger partial charge in [0.05, 0.1) is 17.2 Å². The molecule has 1 N–H and O–H groups in total. The minimum absolute atomic E-state index is 0.136. The number of aryl methyl sites for hydroxylation is 1. The van der Waals surface area contributed by atoms with E-state index in [1.165, 1.54) is 12.8 Å². The molecule has 3 atom stereocenters. The zero-order valence-electron chi connectivity index (χ0n) is 12.5. The van der Waals surface area contributed by atoms with Crippen molar-refractivity contribution < 1.29 is 9.32 Å². The molecule has 1 amide bonds. The molecule has 1 aromatic rings. The van der Waals surface area contributed by atoms with Gasteiger partial charge in [-0.2, -0.15) is 0 Å². The highest BCUT2D eigenvalue weighted by molar-refractivity contribution is 7.99. The average Bonchev–Trinajstić information content (AvgIpc) is 2.81. The van der Waals surface area contributed by atoms with Crippen LogP contribution >= 0.6 is 11.8 Å². The van der Waals surface area contributed by atoms with E-state index in [0.29, 0.717) is 29.4 Å². The number of carbonyl (C=O) groups is 1. The Bertz CT molecular complexity index is 447. The third kappa shape index (κ3) is 4.27. The maximum Gasteiger partial charge on any atom is 0.230 e. The molecular weight excluding hydrogens is 272 g/mol. The van der Waals surface area contributed by atoms with E-state index in [2.05, 4.69) is 24.3 Å². The monoisotopic (exact) mass is 296 g/mol. The molecule has 1 aliphatic carbocycles. The standard InChI is InChI=1S/C15H24N2O2S/c1-10-5-4-6-14(12(10)3)16-15(18)9-20-8-13-7-11(2)17-19-13/h7,10,12,14H,4-6,8-9H2,1-3H3,(H,16,18)/t10-,12+,14-/m1/s1. The SMILES string of the molecule is Cc1cc(CSCC(=O)N[C@@H]2CCC[C@@H](C)[C@@H]2C)on1. The van der Waals surface area contributed by atoms with Crippen LogP contribution in [-0.4, -0.2) is 22.9 Å². The van der Waals surface area contributed by atoms with Crippen LogP contribution in [0.1, 0.15) is 44.6 Å². The second-order valence-corrected chi connectivity index (χ2v) is 6.85. The molecule has 2 rings (SSSR count). The highest BCUT2D eigenvalue weighted by Gasteiger charge is 2.27. The second kappa shape index (κ2) is 7.16. The molecule has 0 spiro atoms. The molecule has 0 unspecified atom stereocenters. The highest BCUT2D eigenvalue weighted by Crippen LogP contribution is 2.29. The van der Waals surface area contributed by atoms with E-state index in [9.17, 15) is 4.79 Å². The zero-order valence-corrected chi connectivity index (χ0v) is 13.3. The van der Waals surface area contributed by atoms with Gasteiger partial charge in [-0.15, -0.1) is 11.8 Å². The number of hydrogen-bond acceptors (Lipinski definition) is 4. The summed E-state index contributed by atoms with van der Waals surface area (Å²) >= 11 is 1.57. The van der Waals surface area contributed by atoms with Crippen LogP contribution < -0.4 is 5.32 Å². The fourth-order valence-electron chi connectivity index (χ4n) is 2.76. The summed E-state index contributed by atoms with van der Waals surface area (Å²) in [6, 6.07) is 2.26. The Kier molecular flexibility index (Phi) is 5.52. The Morgan fingerprint density at radius 1 is 1.50 bits per heavy atom. The van der Waals surface area contributed by atoms with Crippen molar-refractivity contribution in [3.8, 4) is 0 Å². The minimum atomic E-state index is 0.136. The van der Waals surface area contributed by atoms with Crippen LogP contribution in [-0.2, 0) is 10.5 Å². The first-order chi connectivity index (χ1) is 9.56. The van der Waals surface area contributed by atoms with Crippen LogP contribution in [0.3, 0.4) is 0 Å². The lowest BCUT2D eigenvalue weighted by molar-refractivity contribution is -0.119. The second-order valence-electron chi connectivity index (χ2n) is 5.87. The van der Waals surface area contributed by atoms with Gasteiger partial charge >= 0.3 is 0 Å². The van der Waals surface area contributed by atoms with Crippen molar-refractivity contribution in [1.29, 1.82) is 0 Å². The van der Waals surface area contributed by atoms with E-state index >= 15 is 0 Å². The molecule has 4 nitrogen and oxygen atoms in total. The zero-order chi connectivity index (χ0) is 14.5. The molecular formula is C15H24N2O2S. The van der Waals surface area contributed by atoms with E-state index in [4.69, 9.17) is 4.52 Å². The van der Waals surface area contributed by atoms with Crippen LogP contribution in [0.2, 0.25) is 0 Å². The first kappa shape index (κ1) is 15.4. The van der Waals surface area contributed by atoms with Gasteiger partial charge in [0.1, 0.15) is 5.76 Å². The van der Waals surface area contributed by atoms with Gasteiger partial charge in [-0.1, -0.05) is 31.8 Å². The number of aromatic nitrogens is 1. The molecule has 1 fully saturated rings. The number of hydrogen-bond donors (Lipinski definition) is 1. The molecule has 112 valence electrons. The predicted octanol–water partition coefficient (Wildman–Crippen LogP) is 3.16. The highest BCUT2D eigenvalue weighted by atomic mass is 32.2. The van der Waals surface area contributed by atoms with Crippen molar-refractivity contribution in [2.24, 2.45) is 11.8 Å². The van der Waals surface area contributed by atoms with Gasteiger partial charge in [0.2, 0.25) is 5.91 Å². The Morgan fingerprint density at radius 2 is 2.30 bits per heavy atom. The van der Waals surface area contributed by atoms with Crippen molar-refractivity contribution >= 4 is 17.7 Å². The molecule has 0 aliphatic heterocycles. The topological polar surface area (TPSA) is 55.1 Å². The fourth-order valence-corrected chi connectivity index (χ4v) is 3.47. The maximum absolute atomic E-state index is 12.0. The molecule has 1 saturated carbocycles. The van der Waals surface area contributed by atoms with E-state index in [1.807, 2.05) is 13.0 Å². The fraction of sp³-hybridized carbons (Fsp3) is 0.733. The van der Waals surface area contributed by atoms with E-state index in [0.717, 1.165) is 17.9 Å². The molecule has 1 aromatic heterocycles. The summed E-state index contributed by atoms with van der Waals surface area (Å²) in [5.41, 5.74) is 0.884. The molecule has 1 heterocycles. The Morgan fingerprint density at radius 3 is 3.00 bits per heavy atom. The predicted molar refractivity (Wildman–Crippen MR) is 81.5 cm³/mol. The van der Waals surface area contributed by atoms with Gasteiger partial charge < -0.3 is 9.84 Å². The third-order valence-electron chi connectivity index (χ3n) is 4.21. The van der Waals surface area contributed by atoms with E-state index in [-0.39, 0.29) is 5.91 Å². The molecule has 20 heavy (non-hydrogen) atoms. The number of thioether (sulfide) groups is 1. The normalized spacial score (nSPS) is 26.4. The van der Waals surface area contributed by atoms with Gasteiger partial charge in [-0.05, 0) is 25.2 Å². The van der Waals surface area contributed by atoms with Crippen molar-refractivity contribution in [2.45, 2.75) is 51.8 Å². The average molecular weight is 296 g/mol. The lowest BCUT2D eigenvalue weighted by Gasteiger charge is -2.34. The van der Waals surface area contributed by atoms with Crippen molar-refractivity contribution in [3.05, 3.63) is 17.5 Å². The summed E-state index contributed by atoms with van der Waals surface area (Å²) in [4.78, 5) is 12.0. The summed E-state index contributed by atoms with van der Waals surface area (Å²) < 4.78 is 5.12. The minimum Gasteiger partial charge on any atom is -0.360 e. The number of amides is 1. The summed E-state index contributed by atoms with van der Waals surface area (Å²) in [5.74, 6) is 3.44. The van der Waals surface area contributed by atoms with Crippen molar-refractivity contribution in [2.75, 3.05) is 5.75 Å². The van der Waals surface area contributed by atoms with Crippen LogP contribution in [0.25, 0.3) is 0 Å². The number of nitrogens with one attached hydrogen (secondary N) is 1. The lowest BCUT2D eigenvalue weighted by atomic mass is 9.78. The summed E-state index contributed by atoms with van der Waals surface area (Å²) in [6.07, 6.45) is 3.62. The lowest BCUT2D eigenvalue weighted by Crippen LogP contribution is -2.44. The van der Waals surface area contributed by atoms with Crippen LogP contribution in [0.15, 0.2) is 10.6 Å². The van der Waals surface area contributed by atoms with E-state index in [1.54, 1.807) is 11.8 Å². The van der Waals surface area contributed by atoms with Gasteiger partial charge in [0.25, 0.3) is 0 Å². The summed E-state index contributed by atoms with van der Waals surface area (Å²) in [5, 5.41) is 7.02. The van der Waals surface area contributed by atoms with Gasteiger partial charge in [-0.25, -0.2) is 0 Å². The molecule has 1 aliphatic rings. The van der Waals surface area contributed by atoms with Crippen molar-refractivity contribution in [3.63, 3.8) is 0 Å². The third-order valence-corrected chi connectivity index (χ3v) is 5.16. The molecule has 0 radical (unpaired) electrons. The Labute approximate surface area is 125 Å². The molecule has 0 aromatic carbocycles.